The number of nitrogens with one attached hydrogen (secondary N) is 1. The van der Waals surface area contributed by atoms with Gasteiger partial charge in [-0.2, -0.15) is 5.26 Å². The molecule has 0 saturated heterocycles. The number of halogens is 2. The number of rotatable bonds is 6. The summed E-state index contributed by atoms with van der Waals surface area (Å²) in [5, 5.41) is 12.3. The van der Waals surface area contributed by atoms with E-state index in [9.17, 15) is 10.1 Å². The van der Waals surface area contributed by atoms with Crippen LogP contribution in [0.3, 0.4) is 0 Å². The second-order valence-corrected chi connectivity index (χ2v) is 9.41. The van der Waals surface area contributed by atoms with Gasteiger partial charge < -0.3 is 10.1 Å². The molecule has 0 heterocycles. The van der Waals surface area contributed by atoms with Crippen LogP contribution in [0, 0.1) is 32.3 Å². The fourth-order valence-corrected chi connectivity index (χ4v) is 5.12. The van der Waals surface area contributed by atoms with Crippen molar-refractivity contribution in [3.63, 3.8) is 0 Å². The number of nitrogens with zero attached hydrogens (tertiary/aromatic N) is 1. The molecule has 0 saturated carbocycles. The molecule has 0 fully saturated rings. The van der Waals surface area contributed by atoms with Crippen LogP contribution in [-0.4, -0.2) is 5.91 Å². The van der Waals surface area contributed by atoms with Gasteiger partial charge in [0, 0.05) is 5.69 Å². The summed E-state index contributed by atoms with van der Waals surface area (Å²) < 4.78 is 7.89. The summed E-state index contributed by atoms with van der Waals surface area (Å²) in [5.41, 5.74) is 4.81. The molecule has 6 heteroatoms. The molecule has 0 aliphatic carbocycles. The average molecular weight is 634 g/mol. The van der Waals surface area contributed by atoms with Gasteiger partial charge in [0.1, 0.15) is 24.0 Å². The van der Waals surface area contributed by atoms with Gasteiger partial charge in [-0.3, -0.25) is 4.79 Å². The van der Waals surface area contributed by atoms with Crippen molar-refractivity contribution in [3.8, 4) is 11.8 Å². The van der Waals surface area contributed by atoms with E-state index < -0.39 is 5.91 Å². The van der Waals surface area contributed by atoms with Crippen molar-refractivity contribution in [2.75, 3.05) is 5.32 Å². The fraction of sp³-hybridized carbons (Fsp3) is 0.120. The monoisotopic (exact) mass is 634 g/mol. The van der Waals surface area contributed by atoms with Crippen LogP contribution in [0.1, 0.15) is 22.3 Å². The molecule has 0 radical (unpaired) electrons. The van der Waals surface area contributed by atoms with Crippen LogP contribution < -0.4 is 10.1 Å². The molecule has 3 aromatic carbocycles. The van der Waals surface area contributed by atoms with E-state index in [-0.39, 0.29) is 5.57 Å². The highest BCUT2D eigenvalue weighted by Gasteiger charge is 2.13. The van der Waals surface area contributed by atoms with Crippen molar-refractivity contribution in [1.29, 1.82) is 5.26 Å². The quantitative estimate of drug-likeness (QED) is 0.188. The molecule has 156 valence electrons. The van der Waals surface area contributed by atoms with Gasteiger partial charge >= 0.3 is 0 Å². The highest BCUT2D eigenvalue weighted by atomic mass is 127. The standard InChI is InChI=1S/C25H20I2N2O2/c1-16-5-3-7-18(9-16)15-31-24-22(26)12-19(13-23(24)27)11-20(14-28)25(30)29-21-8-4-6-17(2)10-21/h3-13H,15H2,1-2H3,(H,29,30)/b20-11-. The molecule has 0 unspecified atom stereocenters. The Morgan fingerprint density at radius 1 is 1.03 bits per heavy atom. The first-order valence-electron chi connectivity index (χ1n) is 9.53. The molecule has 1 amide bonds. The zero-order valence-corrected chi connectivity index (χ0v) is 21.4. The van der Waals surface area contributed by atoms with Crippen LogP contribution in [0.15, 0.2) is 66.2 Å². The number of nitriles is 1. The second-order valence-electron chi connectivity index (χ2n) is 7.08. The maximum atomic E-state index is 12.6. The van der Waals surface area contributed by atoms with Crippen molar-refractivity contribution in [2.45, 2.75) is 20.5 Å². The topological polar surface area (TPSA) is 62.1 Å². The number of ether oxygens (including phenoxy) is 1. The molecule has 0 aromatic heterocycles. The predicted molar refractivity (Wildman–Crippen MR) is 141 cm³/mol. The minimum Gasteiger partial charge on any atom is -0.487 e. The molecule has 3 aromatic rings. The van der Waals surface area contributed by atoms with Gasteiger partial charge in [0.2, 0.25) is 0 Å². The lowest BCUT2D eigenvalue weighted by molar-refractivity contribution is -0.112. The Hall–Kier alpha value is -2.38. The third-order valence-corrected chi connectivity index (χ3v) is 6.04. The molecule has 4 nitrogen and oxygen atoms in total. The highest BCUT2D eigenvalue weighted by molar-refractivity contribution is 14.1. The van der Waals surface area contributed by atoms with Crippen molar-refractivity contribution < 1.29 is 9.53 Å². The number of hydrogen-bond donors (Lipinski definition) is 1. The third kappa shape index (κ3) is 6.55. The molecule has 0 spiro atoms. The second kappa shape index (κ2) is 10.8. The smallest absolute Gasteiger partial charge is 0.266 e. The van der Waals surface area contributed by atoms with Crippen LogP contribution in [0.2, 0.25) is 0 Å². The summed E-state index contributed by atoms with van der Waals surface area (Å²) in [4.78, 5) is 12.6. The highest BCUT2D eigenvalue weighted by Crippen LogP contribution is 2.30. The Morgan fingerprint density at radius 2 is 1.68 bits per heavy atom. The Bertz CT molecular complexity index is 1170. The van der Waals surface area contributed by atoms with Crippen molar-refractivity contribution in [3.05, 3.63) is 95.6 Å². The zero-order chi connectivity index (χ0) is 22.4. The van der Waals surface area contributed by atoms with E-state index in [1.807, 2.05) is 55.5 Å². The Balaban J connectivity index is 1.77. The van der Waals surface area contributed by atoms with Gasteiger partial charge in [0.15, 0.2) is 0 Å². The minimum atomic E-state index is -0.433. The molecular weight excluding hydrogens is 614 g/mol. The normalized spacial score (nSPS) is 11.0. The molecule has 0 aliphatic heterocycles. The lowest BCUT2D eigenvalue weighted by Crippen LogP contribution is -2.13. The van der Waals surface area contributed by atoms with E-state index in [1.165, 1.54) is 5.56 Å². The lowest BCUT2D eigenvalue weighted by Gasteiger charge is -2.12. The van der Waals surface area contributed by atoms with Gasteiger partial charge in [-0.05, 0) is 106 Å². The van der Waals surface area contributed by atoms with Crippen LogP contribution in [0.5, 0.6) is 5.75 Å². The summed E-state index contributed by atoms with van der Waals surface area (Å²) in [7, 11) is 0. The van der Waals surface area contributed by atoms with Crippen LogP contribution in [0.4, 0.5) is 5.69 Å². The Morgan fingerprint density at radius 3 is 2.29 bits per heavy atom. The first-order chi connectivity index (χ1) is 14.9. The van der Waals surface area contributed by atoms with Crippen LogP contribution in [0.25, 0.3) is 6.08 Å². The van der Waals surface area contributed by atoms with E-state index in [0.717, 1.165) is 29.6 Å². The van der Waals surface area contributed by atoms with Crippen LogP contribution >= 0.6 is 45.2 Å². The Kier molecular flexibility index (Phi) is 8.09. The van der Waals surface area contributed by atoms with E-state index in [4.69, 9.17) is 4.74 Å². The average Bonchev–Trinajstić information content (AvgIpc) is 2.71. The molecular formula is C25H20I2N2O2. The predicted octanol–water partition coefficient (Wildman–Crippen LogP) is 6.64. The number of carbonyl (C=O) groups is 1. The number of benzene rings is 3. The molecule has 1 N–H and O–H groups in total. The SMILES string of the molecule is Cc1cccc(COc2c(I)cc(/C=C(/C#N)C(=O)Nc3cccc(C)c3)cc2I)c1. The van der Waals surface area contributed by atoms with E-state index >= 15 is 0 Å². The van der Waals surface area contributed by atoms with Gasteiger partial charge in [-0.25, -0.2) is 0 Å². The molecule has 0 bridgehead atoms. The summed E-state index contributed by atoms with van der Waals surface area (Å²) in [5.74, 6) is 0.362. The zero-order valence-electron chi connectivity index (χ0n) is 17.1. The van der Waals surface area contributed by atoms with Crippen molar-refractivity contribution in [2.24, 2.45) is 0 Å². The number of aryl methyl sites for hydroxylation is 2. The maximum Gasteiger partial charge on any atom is 0.266 e. The largest absolute Gasteiger partial charge is 0.487 e. The van der Waals surface area contributed by atoms with Crippen molar-refractivity contribution >= 4 is 62.9 Å². The minimum absolute atomic E-state index is 0.0431. The summed E-state index contributed by atoms with van der Waals surface area (Å²) in [6.45, 7) is 4.48. The molecule has 0 atom stereocenters. The molecule has 31 heavy (non-hydrogen) atoms. The van der Waals surface area contributed by atoms with Gasteiger partial charge in [-0.1, -0.05) is 42.0 Å². The Labute approximate surface area is 209 Å². The van der Waals surface area contributed by atoms with Gasteiger partial charge in [-0.15, -0.1) is 0 Å². The van der Waals surface area contributed by atoms with Crippen molar-refractivity contribution in [1.82, 2.24) is 0 Å². The fourth-order valence-electron chi connectivity index (χ4n) is 2.99. The van der Waals surface area contributed by atoms with Crippen LogP contribution in [-0.2, 0) is 11.4 Å². The third-order valence-electron chi connectivity index (χ3n) is 4.44. The number of amides is 1. The summed E-state index contributed by atoms with van der Waals surface area (Å²) in [6.07, 6.45) is 1.60. The van der Waals surface area contributed by atoms with E-state index in [0.29, 0.717) is 12.3 Å². The molecule has 3 rings (SSSR count). The van der Waals surface area contributed by atoms with Gasteiger partial charge in [0.05, 0.1) is 7.14 Å². The van der Waals surface area contributed by atoms with E-state index in [1.54, 1.807) is 12.1 Å². The first-order valence-corrected chi connectivity index (χ1v) is 11.7. The first kappa shape index (κ1) is 23.3. The maximum absolute atomic E-state index is 12.6. The van der Waals surface area contributed by atoms with Gasteiger partial charge in [0.25, 0.3) is 5.91 Å². The number of anilines is 1. The summed E-state index contributed by atoms with van der Waals surface area (Å²) in [6, 6.07) is 21.5. The number of carbonyl (C=O) groups excluding carboxylic acids is 1. The van der Waals surface area contributed by atoms with E-state index in [2.05, 4.69) is 69.6 Å². The summed E-state index contributed by atoms with van der Waals surface area (Å²) >= 11 is 4.43. The lowest BCUT2D eigenvalue weighted by atomic mass is 10.1. The number of hydrogen-bond acceptors (Lipinski definition) is 3. The molecule has 0 aliphatic rings.